The minimum absolute atomic E-state index is 0.585. The number of nitrogens with one attached hydrogen (secondary N) is 1. The summed E-state index contributed by atoms with van der Waals surface area (Å²) in [6, 6.07) is 0. The fourth-order valence-electron chi connectivity index (χ4n) is 2.43. The Balaban J connectivity index is 1.97. The average molecular weight is 275 g/mol. The molecule has 2 atom stereocenters. The van der Waals surface area contributed by atoms with Crippen molar-refractivity contribution < 1.29 is 4.74 Å². The largest absolute Gasteiger partial charge is 0.477 e. The van der Waals surface area contributed by atoms with Crippen molar-refractivity contribution >= 4 is 5.82 Å². The van der Waals surface area contributed by atoms with Gasteiger partial charge in [-0.15, -0.1) is 0 Å². The molecule has 0 aromatic carbocycles. The van der Waals surface area contributed by atoms with Crippen LogP contribution in [0.1, 0.15) is 38.7 Å². The molecule has 20 heavy (non-hydrogen) atoms. The van der Waals surface area contributed by atoms with Crippen LogP contribution in [0.5, 0.6) is 5.88 Å². The van der Waals surface area contributed by atoms with E-state index in [0.717, 1.165) is 43.8 Å². The molecule has 1 aromatic rings. The number of hydrogen-bond acceptors (Lipinski definition) is 4. The minimum atomic E-state index is 0.585. The first-order chi connectivity index (χ1) is 9.72. The van der Waals surface area contributed by atoms with Crippen molar-refractivity contribution in [3.63, 3.8) is 0 Å². The first kappa shape index (κ1) is 14.8. The summed E-state index contributed by atoms with van der Waals surface area (Å²) in [5.74, 6) is 2.86. The summed E-state index contributed by atoms with van der Waals surface area (Å²) in [5, 5.41) is 3.31. The van der Waals surface area contributed by atoms with Gasteiger partial charge in [-0.05, 0) is 38.0 Å². The van der Waals surface area contributed by atoms with Crippen LogP contribution in [0.15, 0.2) is 18.5 Å². The molecule has 0 spiro atoms. The molecule has 1 heterocycles. The van der Waals surface area contributed by atoms with Crippen LogP contribution in [0.4, 0.5) is 5.82 Å². The number of allylic oxidation sites excluding steroid dienone is 2. The highest BCUT2D eigenvalue weighted by atomic mass is 16.5. The fraction of sp³-hybridized carbons (Fsp3) is 0.625. The Labute approximate surface area is 121 Å². The molecule has 4 heteroatoms. The van der Waals surface area contributed by atoms with Gasteiger partial charge in [0.2, 0.25) is 5.88 Å². The maximum absolute atomic E-state index is 5.94. The Morgan fingerprint density at radius 3 is 2.85 bits per heavy atom. The van der Waals surface area contributed by atoms with E-state index in [9.17, 15) is 0 Å². The molecule has 0 radical (unpaired) electrons. The average Bonchev–Trinajstić information content (AvgIpc) is 2.46. The van der Waals surface area contributed by atoms with Crippen LogP contribution in [0.2, 0.25) is 0 Å². The molecule has 0 fully saturated rings. The standard InChI is InChI=1S/C16H25N3O/c1-4-9-17-15-13(3)16(19-11-18-15)20-10-14-8-6-5-7-12(14)2/h5-6,11-12,14H,4,7-10H2,1-3H3,(H,17,18,19). The van der Waals surface area contributed by atoms with Crippen molar-refractivity contribution in [3.8, 4) is 5.88 Å². The lowest BCUT2D eigenvalue weighted by Gasteiger charge is -2.25. The molecule has 1 aliphatic rings. The van der Waals surface area contributed by atoms with E-state index in [4.69, 9.17) is 4.74 Å². The highest BCUT2D eigenvalue weighted by Gasteiger charge is 2.19. The van der Waals surface area contributed by atoms with Crippen molar-refractivity contribution in [1.29, 1.82) is 0 Å². The predicted molar refractivity (Wildman–Crippen MR) is 82.1 cm³/mol. The van der Waals surface area contributed by atoms with Crippen molar-refractivity contribution in [2.45, 2.75) is 40.0 Å². The highest BCUT2D eigenvalue weighted by molar-refractivity contribution is 5.47. The lowest BCUT2D eigenvalue weighted by atomic mass is 9.85. The topological polar surface area (TPSA) is 47.0 Å². The van der Waals surface area contributed by atoms with Crippen LogP contribution in [0.25, 0.3) is 0 Å². The third-order valence-electron chi connectivity index (χ3n) is 3.93. The minimum Gasteiger partial charge on any atom is -0.477 e. The van der Waals surface area contributed by atoms with Crippen LogP contribution in [-0.4, -0.2) is 23.1 Å². The summed E-state index contributed by atoms with van der Waals surface area (Å²) < 4.78 is 5.94. The van der Waals surface area contributed by atoms with Crippen LogP contribution >= 0.6 is 0 Å². The van der Waals surface area contributed by atoms with E-state index in [0.29, 0.717) is 17.7 Å². The van der Waals surface area contributed by atoms with E-state index in [-0.39, 0.29) is 0 Å². The first-order valence-corrected chi connectivity index (χ1v) is 7.55. The molecule has 110 valence electrons. The number of anilines is 1. The molecule has 0 bridgehead atoms. The normalized spacial score (nSPS) is 21.8. The van der Waals surface area contributed by atoms with Crippen LogP contribution in [0.3, 0.4) is 0 Å². The number of nitrogens with zero attached hydrogens (tertiary/aromatic N) is 2. The van der Waals surface area contributed by atoms with E-state index < -0.39 is 0 Å². The van der Waals surface area contributed by atoms with Gasteiger partial charge in [-0.1, -0.05) is 26.0 Å². The van der Waals surface area contributed by atoms with E-state index >= 15 is 0 Å². The molecule has 1 N–H and O–H groups in total. The number of aromatic nitrogens is 2. The smallest absolute Gasteiger partial charge is 0.221 e. The summed E-state index contributed by atoms with van der Waals surface area (Å²) in [5.41, 5.74) is 1.000. The molecule has 0 saturated heterocycles. The maximum Gasteiger partial charge on any atom is 0.221 e. The van der Waals surface area contributed by atoms with Crippen molar-refractivity contribution in [2.24, 2.45) is 11.8 Å². The van der Waals surface area contributed by atoms with E-state index in [1.165, 1.54) is 0 Å². The predicted octanol–water partition coefficient (Wildman–Crippen LogP) is 3.59. The van der Waals surface area contributed by atoms with Crippen LogP contribution in [-0.2, 0) is 0 Å². The third-order valence-corrected chi connectivity index (χ3v) is 3.93. The van der Waals surface area contributed by atoms with Crippen molar-refractivity contribution in [1.82, 2.24) is 9.97 Å². The summed E-state index contributed by atoms with van der Waals surface area (Å²) in [7, 11) is 0. The lowest BCUT2D eigenvalue weighted by Crippen LogP contribution is -2.21. The van der Waals surface area contributed by atoms with Gasteiger partial charge in [0.05, 0.1) is 12.2 Å². The van der Waals surface area contributed by atoms with E-state index in [1.54, 1.807) is 6.33 Å². The molecule has 2 unspecified atom stereocenters. The van der Waals surface area contributed by atoms with Gasteiger partial charge < -0.3 is 10.1 Å². The summed E-state index contributed by atoms with van der Waals surface area (Å²) in [4.78, 5) is 8.54. The molecule has 1 aliphatic carbocycles. The Hall–Kier alpha value is -1.58. The molecule has 4 nitrogen and oxygen atoms in total. The molecular weight excluding hydrogens is 250 g/mol. The number of hydrogen-bond donors (Lipinski definition) is 1. The lowest BCUT2D eigenvalue weighted by molar-refractivity contribution is 0.191. The van der Waals surface area contributed by atoms with E-state index in [2.05, 4.69) is 41.3 Å². The Bertz CT molecular complexity index is 459. The monoisotopic (exact) mass is 275 g/mol. The van der Waals surface area contributed by atoms with Crippen molar-refractivity contribution in [3.05, 3.63) is 24.0 Å². The van der Waals surface area contributed by atoms with Crippen molar-refractivity contribution in [2.75, 3.05) is 18.5 Å². The van der Waals surface area contributed by atoms with Crippen LogP contribution in [0, 0.1) is 18.8 Å². The fourth-order valence-corrected chi connectivity index (χ4v) is 2.43. The summed E-state index contributed by atoms with van der Waals surface area (Å²) in [6.45, 7) is 8.09. The third kappa shape index (κ3) is 3.71. The van der Waals surface area contributed by atoms with Gasteiger partial charge in [0, 0.05) is 6.54 Å². The zero-order chi connectivity index (χ0) is 14.4. The molecular formula is C16H25N3O. The van der Waals surface area contributed by atoms with Gasteiger partial charge >= 0.3 is 0 Å². The molecule has 2 rings (SSSR count). The second-order valence-electron chi connectivity index (χ2n) is 5.57. The van der Waals surface area contributed by atoms with Crippen LogP contribution < -0.4 is 10.1 Å². The first-order valence-electron chi connectivity index (χ1n) is 7.55. The van der Waals surface area contributed by atoms with Gasteiger partial charge in [0.1, 0.15) is 12.1 Å². The van der Waals surface area contributed by atoms with E-state index in [1.807, 2.05) is 6.92 Å². The quantitative estimate of drug-likeness (QED) is 0.806. The second kappa shape index (κ2) is 7.27. The zero-order valence-corrected chi connectivity index (χ0v) is 12.7. The molecule has 1 aromatic heterocycles. The Kier molecular flexibility index (Phi) is 5.39. The SMILES string of the molecule is CCCNc1ncnc(OCC2CC=CCC2C)c1C. The van der Waals surface area contributed by atoms with Gasteiger partial charge in [-0.2, -0.15) is 0 Å². The second-order valence-corrected chi connectivity index (χ2v) is 5.57. The van der Waals surface area contributed by atoms with Gasteiger partial charge in [0.15, 0.2) is 0 Å². The summed E-state index contributed by atoms with van der Waals surface area (Å²) in [6.07, 6.45) is 9.43. The summed E-state index contributed by atoms with van der Waals surface area (Å²) >= 11 is 0. The Morgan fingerprint density at radius 2 is 2.10 bits per heavy atom. The Morgan fingerprint density at radius 1 is 1.30 bits per heavy atom. The number of rotatable bonds is 6. The number of ether oxygens (including phenoxy) is 1. The van der Waals surface area contributed by atoms with Gasteiger partial charge in [0.25, 0.3) is 0 Å². The molecule has 0 amide bonds. The maximum atomic E-state index is 5.94. The van der Waals surface area contributed by atoms with Gasteiger partial charge in [-0.3, -0.25) is 0 Å². The van der Waals surface area contributed by atoms with Gasteiger partial charge in [-0.25, -0.2) is 9.97 Å². The molecule has 0 aliphatic heterocycles. The zero-order valence-electron chi connectivity index (χ0n) is 12.7. The highest BCUT2D eigenvalue weighted by Crippen LogP contribution is 2.27. The molecule has 0 saturated carbocycles.